The molecule has 0 saturated heterocycles. The van der Waals surface area contributed by atoms with Crippen LogP contribution in [0.3, 0.4) is 0 Å². The van der Waals surface area contributed by atoms with E-state index in [2.05, 4.69) is 15.4 Å². The Morgan fingerprint density at radius 1 is 1.12 bits per heavy atom. The van der Waals surface area contributed by atoms with Crippen molar-refractivity contribution in [1.29, 1.82) is 0 Å². The minimum absolute atomic E-state index is 0.0855. The van der Waals surface area contributed by atoms with E-state index in [1.807, 2.05) is 0 Å². The standard InChI is InChI=1S/C18H15F2N3O3/c1-2-25-18(24)17-16(21-23-22-17)11-3-6-14(7-4-11)26-10-12-9-13(19)5-8-15(12)20/h3-9H,2,10H2,1H3,(H,21,22,23). The molecule has 0 aliphatic rings. The Morgan fingerprint density at radius 2 is 1.88 bits per heavy atom. The number of aromatic amines is 1. The first-order valence-electron chi connectivity index (χ1n) is 7.83. The van der Waals surface area contributed by atoms with E-state index in [4.69, 9.17) is 9.47 Å². The highest BCUT2D eigenvalue weighted by Gasteiger charge is 2.19. The molecule has 0 bridgehead atoms. The first kappa shape index (κ1) is 17.5. The van der Waals surface area contributed by atoms with Gasteiger partial charge in [-0.15, -0.1) is 5.10 Å². The average Bonchev–Trinajstić information content (AvgIpc) is 3.13. The molecular weight excluding hydrogens is 344 g/mol. The van der Waals surface area contributed by atoms with Crippen LogP contribution in [0.15, 0.2) is 42.5 Å². The zero-order valence-corrected chi connectivity index (χ0v) is 13.8. The fraction of sp³-hybridized carbons (Fsp3) is 0.167. The molecule has 26 heavy (non-hydrogen) atoms. The molecule has 0 radical (unpaired) electrons. The number of carbonyl (C=O) groups excluding carboxylic acids is 1. The van der Waals surface area contributed by atoms with Gasteiger partial charge in [-0.1, -0.05) is 0 Å². The molecule has 2 aromatic carbocycles. The Labute approximate surface area is 147 Å². The summed E-state index contributed by atoms with van der Waals surface area (Å²) in [5.74, 6) is -1.18. The summed E-state index contributed by atoms with van der Waals surface area (Å²) >= 11 is 0. The lowest BCUT2D eigenvalue weighted by atomic mass is 10.1. The second-order valence-corrected chi connectivity index (χ2v) is 5.29. The van der Waals surface area contributed by atoms with Gasteiger partial charge in [0, 0.05) is 11.1 Å². The summed E-state index contributed by atoms with van der Waals surface area (Å²) < 4.78 is 37.2. The molecule has 3 aromatic rings. The van der Waals surface area contributed by atoms with Crippen LogP contribution in [-0.4, -0.2) is 28.0 Å². The largest absolute Gasteiger partial charge is 0.489 e. The quantitative estimate of drug-likeness (QED) is 0.682. The highest BCUT2D eigenvalue weighted by molar-refractivity contribution is 5.93. The van der Waals surface area contributed by atoms with Gasteiger partial charge >= 0.3 is 5.97 Å². The van der Waals surface area contributed by atoms with Crippen molar-refractivity contribution in [2.45, 2.75) is 13.5 Å². The van der Waals surface area contributed by atoms with Crippen LogP contribution in [0.5, 0.6) is 5.75 Å². The lowest BCUT2D eigenvalue weighted by Crippen LogP contribution is -2.06. The molecule has 0 aliphatic heterocycles. The van der Waals surface area contributed by atoms with E-state index < -0.39 is 17.6 Å². The fourth-order valence-electron chi connectivity index (χ4n) is 2.30. The third-order valence-corrected chi connectivity index (χ3v) is 3.55. The number of hydrogen-bond donors (Lipinski definition) is 1. The summed E-state index contributed by atoms with van der Waals surface area (Å²) in [5.41, 5.74) is 1.19. The monoisotopic (exact) mass is 359 g/mol. The van der Waals surface area contributed by atoms with Crippen LogP contribution in [-0.2, 0) is 11.3 Å². The number of carbonyl (C=O) groups is 1. The van der Waals surface area contributed by atoms with Crippen molar-refractivity contribution in [3.63, 3.8) is 0 Å². The van der Waals surface area contributed by atoms with Gasteiger partial charge in [0.1, 0.15) is 29.7 Å². The van der Waals surface area contributed by atoms with Crippen molar-refractivity contribution in [2.24, 2.45) is 0 Å². The molecule has 0 unspecified atom stereocenters. The van der Waals surface area contributed by atoms with E-state index >= 15 is 0 Å². The van der Waals surface area contributed by atoms with Gasteiger partial charge < -0.3 is 9.47 Å². The second-order valence-electron chi connectivity index (χ2n) is 5.29. The van der Waals surface area contributed by atoms with E-state index in [0.29, 0.717) is 17.0 Å². The van der Waals surface area contributed by atoms with E-state index in [1.165, 1.54) is 0 Å². The highest BCUT2D eigenvalue weighted by atomic mass is 19.1. The zero-order chi connectivity index (χ0) is 18.5. The third kappa shape index (κ3) is 3.85. The van der Waals surface area contributed by atoms with Crippen molar-refractivity contribution < 1.29 is 23.0 Å². The number of benzene rings is 2. The summed E-state index contributed by atoms with van der Waals surface area (Å²) in [6, 6.07) is 9.82. The van der Waals surface area contributed by atoms with Gasteiger partial charge in [0.05, 0.1) is 6.61 Å². The summed E-state index contributed by atoms with van der Waals surface area (Å²) in [6.45, 7) is 1.82. The SMILES string of the molecule is CCOC(=O)c1n[nH]nc1-c1ccc(OCc2cc(F)ccc2F)cc1. The smallest absolute Gasteiger partial charge is 0.361 e. The van der Waals surface area contributed by atoms with Gasteiger partial charge in [-0.25, -0.2) is 13.6 Å². The molecular formula is C18H15F2N3O3. The fourth-order valence-corrected chi connectivity index (χ4v) is 2.30. The minimum Gasteiger partial charge on any atom is -0.489 e. The number of halogens is 2. The molecule has 6 nitrogen and oxygen atoms in total. The number of esters is 1. The van der Waals surface area contributed by atoms with Crippen LogP contribution in [0.4, 0.5) is 8.78 Å². The molecule has 0 fully saturated rings. The van der Waals surface area contributed by atoms with Gasteiger partial charge in [-0.3, -0.25) is 0 Å². The van der Waals surface area contributed by atoms with Crippen molar-refractivity contribution in [3.05, 3.63) is 65.4 Å². The predicted molar refractivity (Wildman–Crippen MR) is 88.5 cm³/mol. The Bertz CT molecular complexity index is 910. The topological polar surface area (TPSA) is 77.1 Å². The van der Waals surface area contributed by atoms with Crippen LogP contribution < -0.4 is 4.74 Å². The number of rotatable bonds is 6. The molecule has 0 spiro atoms. The summed E-state index contributed by atoms with van der Waals surface area (Å²) in [6.07, 6.45) is 0. The Hall–Kier alpha value is -3.29. The number of hydrogen-bond acceptors (Lipinski definition) is 5. The number of aromatic nitrogens is 3. The highest BCUT2D eigenvalue weighted by Crippen LogP contribution is 2.24. The van der Waals surface area contributed by atoms with E-state index in [-0.39, 0.29) is 24.5 Å². The van der Waals surface area contributed by atoms with Crippen LogP contribution in [0.1, 0.15) is 23.0 Å². The normalized spacial score (nSPS) is 10.6. The Kier molecular flexibility index (Phi) is 5.21. The van der Waals surface area contributed by atoms with Crippen molar-refractivity contribution in [3.8, 4) is 17.0 Å². The summed E-state index contributed by atoms with van der Waals surface area (Å²) in [5, 5.41) is 10.2. The minimum atomic E-state index is -0.571. The number of H-pyrrole nitrogens is 1. The molecule has 134 valence electrons. The Balaban J connectivity index is 1.72. The molecule has 1 N–H and O–H groups in total. The van der Waals surface area contributed by atoms with Crippen molar-refractivity contribution in [2.75, 3.05) is 6.61 Å². The first-order chi connectivity index (χ1) is 12.6. The average molecular weight is 359 g/mol. The lowest BCUT2D eigenvalue weighted by Gasteiger charge is -2.08. The zero-order valence-electron chi connectivity index (χ0n) is 13.8. The predicted octanol–water partition coefficient (Wildman–Crippen LogP) is 3.51. The van der Waals surface area contributed by atoms with Crippen LogP contribution >= 0.6 is 0 Å². The number of nitrogens with one attached hydrogen (secondary N) is 1. The summed E-state index contributed by atoms with van der Waals surface area (Å²) in [7, 11) is 0. The Morgan fingerprint density at radius 3 is 2.62 bits per heavy atom. The van der Waals surface area contributed by atoms with E-state index in [1.54, 1.807) is 31.2 Å². The van der Waals surface area contributed by atoms with Crippen LogP contribution in [0.25, 0.3) is 11.3 Å². The molecule has 0 atom stereocenters. The molecule has 0 saturated carbocycles. The van der Waals surface area contributed by atoms with Crippen molar-refractivity contribution in [1.82, 2.24) is 15.4 Å². The molecule has 0 aliphatic carbocycles. The lowest BCUT2D eigenvalue weighted by molar-refractivity contribution is 0.0520. The first-order valence-corrected chi connectivity index (χ1v) is 7.83. The van der Waals surface area contributed by atoms with E-state index in [9.17, 15) is 13.6 Å². The number of nitrogens with zero attached hydrogens (tertiary/aromatic N) is 2. The number of ether oxygens (including phenoxy) is 2. The second kappa shape index (κ2) is 7.73. The molecule has 1 heterocycles. The van der Waals surface area contributed by atoms with Crippen LogP contribution in [0.2, 0.25) is 0 Å². The molecule has 1 aromatic heterocycles. The van der Waals surface area contributed by atoms with Gasteiger partial charge in [-0.05, 0) is 49.4 Å². The maximum atomic E-state index is 13.6. The van der Waals surface area contributed by atoms with Crippen molar-refractivity contribution >= 4 is 5.97 Å². The van der Waals surface area contributed by atoms with Gasteiger partial charge in [0.15, 0.2) is 5.69 Å². The maximum Gasteiger partial charge on any atom is 0.361 e. The molecule has 0 amide bonds. The summed E-state index contributed by atoms with van der Waals surface area (Å²) in [4.78, 5) is 11.9. The molecule has 8 heteroatoms. The van der Waals surface area contributed by atoms with Crippen LogP contribution in [0, 0.1) is 11.6 Å². The van der Waals surface area contributed by atoms with E-state index in [0.717, 1.165) is 18.2 Å². The molecule has 3 rings (SSSR count). The van der Waals surface area contributed by atoms with Gasteiger partial charge in [-0.2, -0.15) is 10.3 Å². The maximum absolute atomic E-state index is 13.6. The third-order valence-electron chi connectivity index (χ3n) is 3.55. The van der Waals surface area contributed by atoms with Gasteiger partial charge in [0.2, 0.25) is 0 Å². The van der Waals surface area contributed by atoms with Gasteiger partial charge in [0.25, 0.3) is 0 Å².